The highest BCUT2D eigenvalue weighted by atomic mass is 16.5. The second kappa shape index (κ2) is 7.08. The molecule has 0 atom stereocenters. The Balaban J connectivity index is 1.59. The number of H-pyrrole nitrogens is 1. The van der Waals surface area contributed by atoms with Gasteiger partial charge in [0.2, 0.25) is 0 Å². The van der Waals surface area contributed by atoms with E-state index < -0.39 is 0 Å². The first kappa shape index (κ1) is 15.9. The molecule has 0 amide bonds. The van der Waals surface area contributed by atoms with Crippen LogP contribution in [0.15, 0.2) is 53.3 Å². The van der Waals surface area contributed by atoms with E-state index in [0.717, 1.165) is 5.56 Å². The number of nitrogens with one attached hydrogen (secondary N) is 1. The molecule has 1 aromatic heterocycles. The number of para-hydroxylation sites is 2. The third-order valence-electron chi connectivity index (χ3n) is 3.77. The smallest absolute Gasteiger partial charge is 0.311 e. The van der Waals surface area contributed by atoms with Crippen LogP contribution < -0.4 is 10.3 Å². The molecule has 0 unspecified atom stereocenters. The molecule has 24 heavy (non-hydrogen) atoms. The summed E-state index contributed by atoms with van der Waals surface area (Å²) in [4.78, 5) is 31.1. The molecule has 1 N–H and O–H groups in total. The molecule has 3 aromatic rings. The summed E-state index contributed by atoms with van der Waals surface area (Å²) >= 11 is 0. The van der Waals surface area contributed by atoms with Gasteiger partial charge in [-0.3, -0.25) is 9.59 Å². The quantitative estimate of drug-likeness (QED) is 0.578. The number of aromatic nitrogens is 2. The number of esters is 1. The molecule has 2 aromatic carbocycles. The van der Waals surface area contributed by atoms with Crippen LogP contribution in [0.4, 0.5) is 0 Å². The third kappa shape index (κ3) is 3.68. The highest BCUT2D eigenvalue weighted by Crippen LogP contribution is 2.17. The molecule has 1 heterocycles. The summed E-state index contributed by atoms with van der Waals surface area (Å²) in [5.41, 5.74) is 1.43. The molecule has 0 saturated carbocycles. The van der Waals surface area contributed by atoms with Crippen molar-refractivity contribution in [1.82, 2.24) is 9.97 Å². The van der Waals surface area contributed by atoms with Crippen LogP contribution in [0.5, 0.6) is 5.75 Å². The molecule has 122 valence electrons. The molecule has 0 fully saturated rings. The summed E-state index contributed by atoms with van der Waals surface area (Å²) in [5, 5.41) is 0.570. The first-order valence-electron chi connectivity index (χ1n) is 7.88. The Morgan fingerprint density at radius 3 is 2.71 bits per heavy atom. The molecule has 3 rings (SSSR count). The fourth-order valence-corrected chi connectivity index (χ4v) is 2.50. The summed E-state index contributed by atoms with van der Waals surface area (Å²) in [7, 11) is 0. The van der Waals surface area contributed by atoms with E-state index in [2.05, 4.69) is 9.97 Å². The van der Waals surface area contributed by atoms with Gasteiger partial charge in [-0.2, -0.15) is 0 Å². The van der Waals surface area contributed by atoms with Gasteiger partial charge in [-0.1, -0.05) is 30.3 Å². The lowest BCUT2D eigenvalue weighted by Crippen LogP contribution is -2.13. The molecule has 0 saturated heterocycles. The highest BCUT2D eigenvalue weighted by molar-refractivity contribution is 5.77. The Morgan fingerprint density at radius 1 is 1.12 bits per heavy atom. The summed E-state index contributed by atoms with van der Waals surface area (Å²) in [5.74, 6) is 0.884. The first-order valence-corrected chi connectivity index (χ1v) is 7.88. The van der Waals surface area contributed by atoms with Gasteiger partial charge in [0.1, 0.15) is 11.6 Å². The number of fused-ring (bicyclic) bond motifs is 1. The van der Waals surface area contributed by atoms with Gasteiger partial charge >= 0.3 is 5.97 Å². The molecular weight excluding hydrogens is 304 g/mol. The Hall–Kier alpha value is -2.95. The number of ether oxygens (including phenoxy) is 1. The van der Waals surface area contributed by atoms with Crippen molar-refractivity contribution >= 4 is 16.9 Å². The molecule has 5 nitrogen and oxygen atoms in total. The van der Waals surface area contributed by atoms with E-state index in [0.29, 0.717) is 35.3 Å². The zero-order valence-electron chi connectivity index (χ0n) is 13.4. The zero-order chi connectivity index (χ0) is 16.9. The van der Waals surface area contributed by atoms with Crippen molar-refractivity contribution in [2.24, 2.45) is 0 Å². The van der Waals surface area contributed by atoms with Crippen molar-refractivity contribution in [2.45, 2.75) is 26.2 Å². The van der Waals surface area contributed by atoms with Crippen LogP contribution in [-0.4, -0.2) is 15.9 Å². The molecule has 5 heteroatoms. The van der Waals surface area contributed by atoms with Crippen LogP contribution in [0.3, 0.4) is 0 Å². The SMILES string of the molecule is Cc1ccccc1OC(=O)CCCc1nc2ccccc2c(=O)[nH]1. The lowest BCUT2D eigenvalue weighted by Gasteiger charge is -2.07. The number of aromatic amines is 1. The monoisotopic (exact) mass is 322 g/mol. The lowest BCUT2D eigenvalue weighted by molar-refractivity contribution is -0.134. The zero-order valence-corrected chi connectivity index (χ0v) is 13.4. The maximum Gasteiger partial charge on any atom is 0.311 e. The standard InChI is InChI=1S/C19H18N2O3/c1-13-7-2-5-10-16(13)24-18(22)12-6-11-17-20-15-9-4-3-8-14(15)19(23)21-17/h2-5,7-10H,6,11-12H2,1H3,(H,20,21,23). The van der Waals surface area contributed by atoms with Crippen molar-refractivity contribution in [3.63, 3.8) is 0 Å². The molecule has 0 bridgehead atoms. The van der Waals surface area contributed by atoms with Crippen LogP contribution in [0, 0.1) is 6.92 Å². The molecule has 0 aliphatic rings. The number of aryl methyl sites for hydroxylation is 2. The summed E-state index contributed by atoms with van der Waals surface area (Å²) in [6.07, 6.45) is 1.35. The molecule has 0 spiro atoms. The van der Waals surface area contributed by atoms with Crippen molar-refractivity contribution in [2.75, 3.05) is 0 Å². The van der Waals surface area contributed by atoms with Gasteiger partial charge in [-0.05, 0) is 37.1 Å². The van der Waals surface area contributed by atoms with Crippen LogP contribution in [0.1, 0.15) is 24.2 Å². The number of hydrogen-bond acceptors (Lipinski definition) is 4. The number of nitrogens with zero attached hydrogens (tertiary/aromatic N) is 1. The average molecular weight is 322 g/mol. The van der Waals surface area contributed by atoms with Gasteiger partial charge in [0.25, 0.3) is 5.56 Å². The summed E-state index contributed by atoms with van der Waals surface area (Å²) < 4.78 is 5.35. The Labute approximate surface area is 139 Å². The van der Waals surface area contributed by atoms with Gasteiger partial charge in [0.15, 0.2) is 0 Å². The van der Waals surface area contributed by atoms with E-state index in [1.54, 1.807) is 24.3 Å². The van der Waals surface area contributed by atoms with Gasteiger partial charge in [-0.25, -0.2) is 4.98 Å². The van der Waals surface area contributed by atoms with Crippen LogP contribution >= 0.6 is 0 Å². The van der Waals surface area contributed by atoms with Crippen molar-refractivity contribution in [3.05, 3.63) is 70.3 Å². The minimum absolute atomic E-state index is 0.155. The highest BCUT2D eigenvalue weighted by Gasteiger charge is 2.08. The Kier molecular flexibility index (Phi) is 4.70. The number of benzene rings is 2. The van der Waals surface area contributed by atoms with E-state index >= 15 is 0 Å². The topological polar surface area (TPSA) is 72.0 Å². The maximum absolute atomic E-state index is 12.0. The fourth-order valence-electron chi connectivity index (χ4n) is 2.50. The maximum atomic E-state index is 12.0. The predicted octanol–water partition coefficient (Wildman–Crippen LogP) is 3.16. The van der Waals surface area contributed by atoms with E-state index in [-0.39, 0.29) is 17.9 Å². The molecular formula is C19H18N2O3. The van der Waals surface area contributed by atoms with Crippen LogP contribution in [0.2, 0.25) is 0 Å². The van der Waals surface area contributed by atoms with Gasteiger partial charge in [0.05, 0.1) is 10.9 Å². The second-order valence-electron chi connectivity index (χ2n) is 5.62. The first-order chi connectivity index (χ1) is 11.6. The molecule has 0 radical (unpaired) electrons. The number of hydrogen-bond donors (Lipinski definition) is 1. The molecule has 0 aliphatic carbocycles. The Morgan fingerprint density at radius 2 is 1.88 bits per heavy atom. The average Bonchev–Trinajstić information content (AvgIpc) is 2.57. The number of carbonyl (C=O) groups excluding carboxylic acids is 1. The number of carbonyl (C=O) groups is 1. The predicted molar refractivity (Wildman–Crippen MR) is 92.1 cm³/mol. The third-order valence-corrected chi connectivity index (χ3v) is 3.77. The second-order valence-corrected chi connectivity index (χ2v) is 5.62. The Bertz CT molecular complexity index is 931. The van der Waals surface area contributed by atoms with Gasteiger partial charge in [0, 0.05) is 12.8 Å². The minimum atomic E-state index is -0.285. The van der Waals surface area contributed by atoms with Crippen molar-refractivity contribution in [1.29, 1.82) is 0 Å². The molecule has 0 aliphatic heterocycles. The summed E-state index contributed by atoms with van der Waals surface area (Å²) in [6.45, 7) is 1.90. The van der Waals surface area contributed by atoms with E-state index in [1.165, 1.54) is 0 Å². The largest absolute Gasteiger partial charge is 0.426 e. The van der Waals surface area contributed by atoms with E-state index in [1.807, 2.05) is 31.2 Å². The van der Waals surface area contributed by atoms with Crippen LogP contribution in [0.25, 0.3) is 10.9 Å². The van der Waals surface area contributed by atoms with Crippen molar-refractivity contribution < 1.29 is 9.53 Å². The van der Waals surface area contributed by atoms with Crippen molar-refractivity contribution in [3.8, 4) is 5.75 Å². The summed E-state index contributed by atoms with van der Waals surface area (Å²) in [6, 6.07) is 14.6. The van der Waals surface area contributed by atoms with Gasteiger partial charge < -0.3 is 9.72 Å². The normalized spacial score (nSPS) is 10.7. The lowest BCUT2D eigenvalue weighted by atomic mass is 10.2. The van der Waals surface area contributed by atoms with E-state index in [9.17, 15) is 9.59 Å². The minimum Gasteiger partial charge on any atom is -0.426 e. The van der Waals surface area contributed by atoms with Gasteiger partial charge in [-0.15, -0.1) is 0 Å². The van der Waals surface area contributed by atoms with Crippen LogP contribution in [-0.2, 0) is 11.2 Å². The number of rotatable bonds is 5. The fraction of sp³-hybridized carbons (Fsp3) is 0.211. The van der Waals surface area contributed by atoms with E-state index in [4.69, 9.17) is 4.74 Å².